The van der Waals surface area contributed by atoms with E-state index in [1.807, 2.05) is 0 Å². The van der Waals surface area contributed by atoms with Crippen molar-refractivity contribution in [1.82, 2.24) is 19.9 Å². The SMILES string of the molecule is Cc1c(-c2c(C(N)=O)nc3cc(F)ccc3c2C(N)=O)c(C(F)(F)F)nn1Cc1cc(C2CC2)on1. The molecule has 3 aromatic heterocycles. The fourth-order valence-corrected chi connectivity index (χ4v) is 4.23. The van der Waals surface area contributed by atoms with E-state index in [-0.39, 0.29) is 29.1 Å². The van der Waals surface area contributed by atoms with Gasteiger partial charge in [0.2, 0.25) is 5.91 Å². The molecule has 9 nitrogen and oxygen atoms in total. The van der Waals surface area contributed by atoms with E-state index < -0.39 is 51.9 Å². The van der Waals surface area contributed by atoms with Crippen LogP contribution in [0, 0.1) is 12.7 Å². The number of aromatic nitrogens is 4. The lowest BCUT2D eigenvalue weighted by Gasteiger charge is -2.16. The molecule has 0 bridgehead atoms. The van der Waals surface area contributed by atoms with Crippen LogP contribution in [-0.2, 0) is 12.7 Å². The van der Waals surface area contributed by atoms with Gasteiger partial charge in [-0.05, 0) is 31.9 Å². The Morgan fingerprint density at radius 2 is 1.86 bits per heavy atom. The standard InChI is InChI=1S/C23H18F4N6O3/c1-9-16(18-17(21(28)34)13-5-4-11(24)6-14(13)30-19(18)22(29)35)20(23(25,26)27)31-33(9)8-12-7-15(36-32-12)10-2-3-10/h4-7,10H,2-3,8H2,1H3,(H2,28,34)(H2,29,35). The Kier molecular flexibility index (Phi) is 5.30. The average molecular weight is 502 g/mol. The maximum atomic E-state index is 14.2. The van der Waals surface area contributed by atoms with Gasteiger partial charge in [-0.15, -0.1) is 0 Å². The zero-order chi connectivity index (χ0) is 25.9. The molecule has 2 amide bonds. The predicted octanol–water partition coefficient (Wildman–Crippen LogP) is 3.68. The molecule has 4 N–H and O–H groups in total. The minimum absolute atomic E-state index is 0.0465. The number of rotatable bonds is 6. The van der Waals surface area contributed by atoms with Crippen LogP contribution in [0.2, 0.25) is 0 Å². The molecule has 0 saturated heterocycles. The monoisotopic (exact) mass is 502 g/mol. The predicted molar refractivity (Wildman–Crippen MR) is 117 cm³/mol. The maximum Gasteiger partial charge on any atom is 0.435 e. The summed E-state index contributed by atoms with van der Waals surface area (Å²) >= 11 is 0. The van der Waals surface area contributed by atoms with Crippen molar-refractivity contribution in [3.8, 4) is 11.1 Å². The molecule has 0 spiro atoms. The molecule has 0 unspecified atom stereocenters. The summed E-state index contributed by atoms with van der Waals surface area (Å²) in [5, 5.41) is 7.60. The van der Waals surface area contributed by atoms with Crippen LogP contribution in [-0.4, -0.2) is 31.7 Å². The molecule has 186 valence electrons. The van der Waals surface area contributed by atoms with Gasteiger partial charge < -0.3 is 16.0 Å². The number of primary amides is 2. The number of fused-ring (bicyclic) bond motifs is 1. The molecule has 4 aromatic rings. The molecule has 0 atom stereocenters. The Morgan fingerprint density at radius 1 is 1.14 bits per heavy atom. The van der Waals surface area contributed by atoms with Crippen molar-refractivity contribution in [2.75, 3.05) is 0 Å². The van der Waals surface area contributed by atoms with Crippen molar-refractivity contribution in [2.45, 2.75) is 38.4 Å². The molecule has 3 heterocycles. The highest BCUT2D eigenvalue weighted by atomic mass is 19.4. The Labute approximate surface area is 200 Å². The first-order valence-electron chi connectivity index (χ1n) is 10.8. The van der Waals surface area contributed by atoms with Crippen molar-refractivity contribution in [1.29, 1.82) is 0 Å². The van der Waals surface area contributed by atoms with Crippen LogP contribution in [0.1, 0.15) is 62.4 Å². The lowest BCUT2D eigenvalue weighted by molar-refractivity contribution is -0.141. The molecule has 0 aliphatic heterocycles. The lowest BCUT2D eigenvalue weighted by Crippen LogP contribution is -2.21. The molecule has 1 fully saturated rings. The van der Waals surface area contributed by atoms with E-state index in [9.17, 15) is 27.2 Å². The zero-order valence-electron chi connectivity index (χ0n) is 18.7. The Balaban J connectivity index is 1.78. The number of carbonyl (C=O) groups is 2. The zero-order valence-corrected chi connectivity index (χ0v) is 18.7. The van der Waals surface area contributed by atoms with Crippen molar-refractivity contribution in [2.24, 2.45) is 11.5 Å². The maximum absolute atomic E-state index is 14.2. The quantitative estimate of drug-likeness (QED) is 0.385. The summed E-state index contributed by atoms with van der Waals surface area (Å²) in [6.07, 6.45) is -3.10. The summed E-state index contributed by atoms with van der Waals surface area (Å²) in [4.78, 5) is 28.8. The number of halogens is 4. The van der Waals surface area contributed by atoms with Gasteiger partial charge in [0.15, 0.2) is 5.69 Å². The summed E-state index contributed by atoms with van der Waals surface area (Å²) in [5.74, 6) is -2.24. The van der Waals surface area contributed by atoms with Crippen molar-refractivity contribution in [3.63, 3.8) is 0 Å². The highest BCUT2D eigenvalue weighted by Gasteiger charge is 2.41. The third kappa shape index (κ3) is 3.95. The van der Waals surface area contributed by atoms with Gasteiger partial charge in [-0.3, -0.25) is 14.3 Å². The number of amides is 2. The summed E-state index contributed by atoms with van der Waals surface area (Å²) in [6.45, 7) is 1.17. The van der Waals surface area contributed by atoms with Crippen LogP contribution in [0.25, 0.3) is 22.0 Å². The highest BCUT2D eigenvalue weighted by Crippen LogP contribution is 2.43. The topological polar surface area (TPSA) is 143 Å². The van der Waals surface area contributed by atoms with E-state index in [0.717, 1.165) is 35.7 Å². The van der Waals surface area contributed by atoms with Crippen molar-refractivity contribution < 1.29 is 31.7 Å². The van der Waals surface area contributed by atoms with Gasteiger partial charge >= 0.3 is 6.18 Å². The number of alkyl halides is 3. The van der Waals surface area contributed by atoms with E-state index in [2.05, 4.69) is 15.2 Å². The van der Waals surface area contributed by atoms with Gasteiger partial charge in [-0.25, -0.2) is 9.37 Å². The number of carbonyl (C=O) groups excluding carboxylic acids is 2. The minimum Gasteiger partial charge on any atom is -0.366 e. The van der Waals surface area contributed by atoms with E-state index in [4.69, 9.17) is 16.0 Å². The molecule has 1 aliphatic carbocycles. The van der Waals surface area contributed by atoms with Gasteiger partial charge in [0, 0.05) is 40.3 Å². The van der Waals surface area contributed by atoms with E-state index in [1.165, 1.54) is 6.92 Å². The number of nitrogens with zero attached hydrogens (tertiary/aromatic N) is 4. The molecular formula is C23H18F4N6O3. The molecule has 0 radical (unpaired) electrons. The summed E-state index contributed by atoms with van der Waals surface area (Å²) in [6, 6.07) is 4.71. The van der Waals surface area contributed by atoms with Gasteiger partial charge in [0.05, 0.1) is 17.6 Å². The molecule has 5 rings (SSSR count). The third-order valence-corrected chi connectivity index (χ3v) is 6.02. The van der Waals surface area contributed by atoms with Crippen LogP contribution in [0.15, 0.2) is 28.8 Å². The molecule has 1 saturated carbocycles. The Morgan fingerprint density at radius 3 is 2.47 bits per heavy atom. The lowest BCUT2D eigenvalue weighted by atomic mass is 9.92. The normalized spacial score (nSPS) is 13.9. The van der Waals surface area contributed by atoms with Crippen LogP contribution in [0.3, 0.4) is 0 Å². The second-order valence-electron chi connectivity index (χ2n) is 8.56. The molecule has 1 aromatic carbocycles. The molecule has 36 heavy (non-hydrogen) atoms. The first-order chi connectivity index (χ1) is 17.0. The number of hydrogen-bond acceptors (Lipinski definition) is 6. The van der Waals surface area contributed by atoms with Crippen molar-refractivity contribution >= 4 is 22.7 Å². The number of benzene rings is 1. The van der Waals surface area contributed by atoms with Crippen LogP contribution in [0.4, 0.5) is 17.6 Å². The number of pyridine rings is 1. The molecule has 13 heteroatoms. The Hall–Kier alpha value is -4.29. The largest absolute Gasteiger partial charge is 0.435 e. The second kappa shape index (κ2) is 8.14. The van der Waals surface area contributed by atoms with Crippen LogP contribution < -0.4 is 11.5 Å². The third-order valence-electron chi connectivity index (χ3n) is 6.02. The fourth-order valence-electron chi connectivity index (χ4n) is 4.23. The van der Waals surface area contributed by atoms with Crippen molar-refractivity contribution in [3.05, 3.63) is 64.2 Å². The number of nitrogens with two attached hydrogens (primary N) is 2. The summed E-state index contributed by atoms with van der Waals surface area (Å²) in [7, 11) is 0. The van der Waals surface area contributed by atoms with Gasteiger partial charge in [0.25, 0.3) is 5.91 Å². The smallest absolute Gasteiger partial charge is 0.366 e. The highest BCUT2D eigenvalue weighted by molar-refractivity contribution is 6.15. The Bertz CT molecular complexity index is 1550. The molecule has 1 aliphatic rings. The van der Waals surface area contributed by atoms with E-state index in [1.54, 1.807) is 6.07 Å². The van der Waals surface area contributed by atoms with E-state index in [0.29, 0.717) is 11.5 Å². The van der Waals surface area contributed by atoms with Crippen LogP contribution >= 0.6 is 0 Å². The number of hydrogen-bond donors (Lipinski definition) is 2. The van der Waals surface area contributed by atoms with E-state index >= 15 is 0 Å². The fraction of sp³-hybridized carbons (Fsp3) is 0.261. The summed E-state index contributed by atoms with van der Waals surface area (Å²) in [5.41, 5.74) is 7.51. The first kappa shape index (κ1) is 23.5. The van der Waals surface area contributed by atoms with Gasteiger partial charge in [-0.1, -0.05) is 5.16 Å². The second-order valence-corrected chi connectivity index (χ2v) is 8.56. The van der Waals surface area contributed by atoms with Gasteiger partial charge in [-0.2, -0.15) is 18.3 Å². The minimum atomic E-state index is -4.99. The first-order valence-corrected chi connectivity index (χ1v) is 10.8. The summed E-state index contributed by atoms with van der Waals surface area (Å²) < 4.78 is 62.8. The van der Waals surface area contributed by atoms with Gasteiger partial charge in [0.1, 0.15) is 23.0 Å². The average Bonchev–Trinajstić information content (AvgIpc) is 3.45. The molecular weight excluding hydrogens is 484 g/mol. The van der Waals surface area contributed by atoms with Crippen LogP contribution in [0.5, 0.6) is 0 Å².